The Labute approximate surface area is 175 Å². The monoisotopic (exact) mass is 406 g/mol. The molecule has 0 radical (unpaired) electrons. The number of carbonyl (C=O) groups excluding carboxylic acids is 1. The van der Waals surface area contributed by atoms with Crippen LogP contribution >= 0.6 is 0 Å². The van der Waals surface area contributed by atoms with E-state index in [0.717, 1.165) is 40.6 Å². The number of carboxylic acid groups (broad SMARTS) is 1. The topological polar surface area (TPSA) is 80.6 Å². The molecule has 0 aliphatic carbocycles. The molecule has 2 atom stereocenters. The summed E-state index contributed by atoms with van der Waals surface area (Å²) in [7, 11) is 1.55. The zero-order valence-electron chi connectivity index (χ0n) is 17.0. The van der Waals surface area contributed by atoms with Crippen LogP contribution in [0.1, 0.15) is 29.3 Å². The van der Waals surface area contributed by atoms with Gasteiger partial charge in [0.1, 0.15) is 6.10 Å². The number of ether oxygens (including phenoxy) is 1. The average molecular weight is 406 g/mol. The number of hydrogen-bond acceptors (Lipinski definition) is 4. The Hall–Kier alpha value is -2.96. The summed E-state index contributed by atoms with van der Waals surface area (Å²) in [6.07, 6.45) is 1.10. The Kier molecular flexibility index (Phi) is 5.97. The first-order valence-corrected chi connectivity index (χ1v) is 10.2. The van der Waals surface area contributed by atoms with Crippen molar-refractivity contribution in [3.63, 3.8) is 0 Å². The van der Waals surface area contributed by atoms with Crippen molar-refractivity contribution >= 4 is 22.7 Å². The standard InChI is InChI=1S/C24H26N2O4/c1-30-24(16-7-3-2-4-8-16)22(27)14-25-17-11-12-21-19(13-23(28)29)18-9-5-6-10-20(18)26(21)15-17/h2-10,17,24-25H,11-15H2,1H3,(H,28,29)/t17-,24?/m1/s1. The van der Waals surface area contributed by atoms with Crippen LogP contribution in [0.15, 0.2) is 54.6 Å². The average Bonchev–Trinajstić information content (AvgIpc) is 3.06. The second-order valence-corrected chi connectivity index (χ2v) is 7.73. The van der Waals surface area contributed by atoms with Crippen molar-refractivity contribution in [3.05, 3.63) is 71.4 Å². The predicted molar refractivity (Wildman–Crippen MR) is 115 cm³/mol. The van der Waals surface area contributed by atoms with Gasteiger partial charge in [0, 0.05) is 36.3 Å². The van der Waals surface area contributed by atoms with Gasteiger partial charge in [0.25, 0.3) is 0 Å². The fourth-order valence-electron chi connectivity index (χ4n) is 4.48. The van der Waals surface area contributed by atoms with Gasteiger partial charge in [0.2, 0.25) is 0 Å². The van der Waals surface area contributed by atoms with Gasteiger partial charge in [-0.2, -0.15) is 0 Å². The lowest BCUT2D eigenvalue weighted by Crippen LogP contribution is -2.41. The lowest BCUT2D eigenvalue weighted by molar-refractivity contribution is -0.136. The maximum Gasteiger partial charge on any atom is 0.307 e. The molecule has 0 bridgehead atoms. The molecule has 0 amide bonds. The summed E-state index contributed by atoms with van der Waals surface area (Å²) in [5, 5.41) is 13.7. The van der Waals surface area contributed by atoms with Crippen LogP contribution in [0.3, 0.4) is 0 Å². The molecule has 30 heavy (non-hydrogen) atoms. The van der Waals surface area contributed by atoms with Crippen LogP contribution < -0.4 is 5.32 Å². The fourth-order valence-corrected chi connectivity index (χ4v) is 4.48. The minimum absolute atomic E-state index is 0.00146. The van der Waals surface area contributed by atoms with E-state index in [2.05, 4.69) is 9.88 Å². The molecule has 6 nitrogen and oxygen atoms in total. The second-order valence-electron chi connectivity index (χ2n) is 7.73. The van der Waals surface area contributed by atoms with E-state index in [1.807, 2.05) is 54.6 Å². The highest BCUT2D eigenvalue weighted by Gasteiger charge is 2.27. The third kappa shape index (κ3) is 4.01. The number of para-hydroxylation sites is 1. The molecule has 0 fully saturated rings. The molecule has 2 aromatic carbocycles. The Morgan fingerprint density at radius 1 is 1.17 bits per heavy atom. The molecule has 6 heteroatoms. The molecule has 3 aromatic rings. The molecule has 0 spiro atoms. The van der Waals surface area contributed by atoms with Crippen LogP contribution in [0.5, 0.6) is 0 Å². The number of rotatable bonds is 8. The minimum atomic E-state index is -0.813. The van der Waals surface area contributed by atoms with E-state index in [9.17, 15) is 14.7 Å². The molecule has 2 N–H and O–H groups in total. The number of hydrogen-bond donors (Lipinski definition) is 2. The third-order valence-electron chi connectivity index (χ3n) is 5.85. The van der Waals surface area contributed by atoms with Crippen LogP contribution in [-0.2, 0) is 33.7 Å². The highest BCUT2D eigenvalue weighted by atomic mass is 16.5. The molecule has 156 valence electrons. The number of fused-ring (bicyclic) bond motifs is 3. The molecule has 1 aliphatic heterocycles. The Bertz CT molecular complexity index is 1060. The Morgan fingerprint density at radius 2 is 1.90 bits per heavy atom. The number of nitrogens with one attached hydrogen (secondary N) is 1. The van der Waals surface area contributed by atoms with Crippen LogP contribution in [0, 0.1) is 0 Å². The van der Waals surface area contributed by atoms with Gasteiger partial charge in [-0.1, -0.05) is 48.5 Å². The predicted octanol–water partition coefficient (Wildman–Crippen LogP) is 3.13. The molecular weight excluding hydrogens is 380 g/mol. The Balaban J connectivity index is 1.48. The van der Waals surface area contributed by atoms with Gasteiger partial charge >= 0.3 is 5.97 Å². The van der Waals surface area contributed by atoms with Crippen LogP contribution in [0.25, 0.3) is 10.9 Å². The number of carbonyl (C=O) groups is 2. The number of benzene rings is 2. The van der Waals surface area contributed by atoms with E-state index in [1.165, 1.54) is 0 Å². The first-order valence-electron chi connectivity index (χ1n) is 10.2. The van der Waals surface area contributed by atoms with E-state index in [-0.39, 0.29) is 24.8 Å². The SMILES string of the molecule is COC(C(=O)CN[C@@H]1CCc2c(CC(=O)O)c3ccccc3n2C1)c1ccccc1. The van der Waals surface area contributed by atoms with Crippen molar-refractivity contribution in [1.82, 2.24) is 9.88 Å². The lowest BCUT2D eigenvalue weighted by Gasteiger charge is -2.27. The minimum Gasteiger partial charge on any atom is -0.481 e. The van der Waals surface area contributed by atoms with Gasteiger partial charge < -0.3 is 19.7 Å². The smallest absolute Gasteiger partial charge is 0.307 e. The van der Waals surface area contributed by atoms with E-state index in [4.69, 9.17) is 4.74 Å². The van der Waals surface area contributed by atoms with E-state index < -0.39 is 12.1 Å². The van der Waals surface area contributed by atoms with Crippen molar-refractivity contribution in [2.45, 2.75) is 38.0 Å². The zero-order valence-corrected chi connectivity index (χ0v) is 17.0. The molecule has 1 aliphatic rings. The van der Waals surface area contributed by atoms with Crippen molar-refractivity contribution < 1.29 is 19.4 Å². The fraction of sp³-hybridized carbons (Fsp3) is 0.333. The largest absolute Gasteiger partial charge is 0.481 e. The maximum atomic E-state index is 12.7. The van der Waals surface area contributed by atoms with Gasteiger partial charge in [-0.25, -0.2) is 0 Å². The number of carboxylic acids is 1. The van der Waals surface area contributed by atoms with E-state index in [0.29, 0.717) is 6.54 Å². The molecule has 0 saturated carbocycles. The summed E-state index contributed by atoms with van der Waals surface area (Å²) >= 11 is 0. The quantitative estimate of drug-likeness (QED) is 0.601. The number of aromatic nitrogens is 1. The first kappa shape index (κ1) is 20.3. The molecule has 1 unspecified atom stereocenters. The summed E-state index contributed by atoms with van der Waals surface area (Å²) in [5.41, 5.74) is 3.92. The van der Waals surface area contributed by atoms with Gasteiger partial charge in [-0.15, -0.1) is 0 Å². The lowest BCUT2D eigenvalue weighted by atomic mass is 9.99. The van der Waals surface area contributed by atoms with Crippen molar-refractivity contribution in [3.8, 4) is 0 Å². The number of ketones is 1. The highest BCUT2D eigenvalue weighted by molar-refractivity contribution is 5.89. The van der Waals surface area contributed by atoms with Gasteiger partial charge in [0.15, 0.2) is 5.78 Å². The van der Waals surface area contributed by atoms with Gasteiger partial charge in [0.05, 0.1) is 13.0 Å². The molecule has 0 saturated heterocycles. The van der Waals surface area contributed by atoms with Crippen LogP contribution in [0.2, 0.25) is 0 Å². The third-order valence-corrected chi connectivity index (χ3v) is 5.85. The van der Waals surface area contributed by atoms with Crippen molar-refractivity contribution in [2.75, 3.05) is 13.7 Å². The Morgan fingerprint density at radius 3 is 2.63 bits per heavy atom. The zero-order chi connectivity index (χ0) is 21.1. The summed E-state index contributed by atoms with van der Waals surface area (Å²) in [4.78, 5) is 24.1. The number of methoxy groups -OCH3 is 1. The summed E-state index contributed by atoms with van der Waals surface area (Å²) in [6, 6.07) is 17.6. The van der Waals surface area contributed by atoms with Gasteiger partial charge in [-0.05, 0) is 30.0 Å². The molecule has 2 heterocycles. The summed E-state index contributed by atoms with van der Waals surface area (Å²) < 4.78 is 7.65. The van der Waals surface area contributed by atoms with Crippen LogP contribution in [-0.4, -0.2) is 41.1 Å². The van der Waals surface area contributed by atoms with Gasteiger partial charge in [-0.3, -0.25) is 9.59 Å². The normalized spacial score (nSPS) is 16.9. The molecule has 4 rings (SSSR count). The number of aliphatic carboxylic acids is 1. The first-order chi connectivity index (χ1) is 14.6. The van der Waals surface area contributed by atoms with Crippen LogP contribution in [0.4, 0.5) is 0 Å². The molecule has 1 aromatic heterocycles. The second kappa shape index (κ2) is 8.81. The highest BCUT2D eigenvalue weighted by Crippen LogP contribution is 2.31. The number of Topliss-reactive ketones (excluding diaryl/α,β-unsaturated/α-hetero) is 1. The van der Waals surface area contributed by atoms with E-state index >= 15 is 0 Å². The van der Waals surface area contributed by atoms with E-state index in [1.54, 1.807) is 7.11 Å². The molecular formula is C24H26N2O4. The summed E-state index contributed by atoms with van der Waals surface area (Å²) in [5.74, 6) is -0.815. The van der Waals surface area contributed by atoms with Crippen molar-refractivity contribution in [2.24, 2.45) is 0 Å². The van der Waals surface area contributed by atoms with Crippen molar-refractivity contribution in [1.29, 1.82) is 0 Å². The maximum absolute atomic E-state index is 12.7. The number of nitrogens with zero attached hydrogens (tertiary/aromatic N) is 1. The summed E-state index contributed by atoms with van der Waals surface area (Å²) in [6.45, 7) is 0.945.